The van der Waals surface area contributed by atoms with E-state index in [0.717, 1.165) is 12.0 Å². The first-order valence-corrected chi connectivity index (χ1v) is 7.81. The lowest BCUT2D eigenvalue weighted by molar-refractivity contribution is 0.0948. The Kier molecular flexibility index (Phi) is 6.01. The molecule has 0 fully saturated rings. The molecule has 1 amide bonds. The summed E-state index contributed by atoms with van der Waals surface area (Å²) >= 11 is 0. The standard InChI is InChI=1S/C18H22N2O4/c1-4-11-24-16-13(7-5-9-15(16)23-3)12-19-17(21)14-8-6-10-20(2)18(14)22/h5-10H,4,11-12H2,1-3H3,(H,19,21). The molecule has 0 saturated carbocycles. The number of ether oxygens (including phenoxy) is 2. The molecule has 0 aliphatic heterocycles. The molecule has 1 aromatic carbocycles. The number of nitrogens with one attached hydrogen (secondary N) is 1. The van der Waals surface area contributed by atoms with Crippen LogP contribution >= 0.6 is 0 Å². The predicted octanol–water partition coefficient (Wildman–Crippen LogP) is 2.11. The van der Waals surface area contributed by atoms with Gasteiger partial charge in [-0.2, -0.15) is 0 Å². The third-order valence-corrected chi connectivity index (χ3v) is 3.54. The van der Waals surface area contributed by atoms with Gasteiger partial charge in [-0.1, -0.05) is 19.1 Å². The summed E-state index contributed by atoms with van der Waals surface area (Å²) in [4.78, 5) is 24.3. The van der Waals surface area contributed by atoms with E-state index in [1.165, 1.54) is 10.6 Å². The van der Waals surface area contributed by atoms with Gasteiger partial charge < -0.3 is 19.4 Å². The van der Waals surface area contributed by atoms with Gasteiger partial charge in [0.05, 0.1) is 13.7 Å². The van der Waals surface area contributed by atoms with Crippen molar-refractivity contribution in [3.8, 4) is 11.5 Å². The number of para-hydroxylation sites is 1. The number of rotatable bonds is 7. The molecule has 0 unspecified atom stereocenters. The van der Waals surface area contributed by atoms with E-state index in [0.29, 0.717) is 18.1 Å². The molecule has 0 bridgehead atoms. The zero-order valence-corrected chi connectivity index (χ0v) is 14.2. The Labute approximate surface area is 141 Å². The Balaban J connectivity index is 2.18. The van der Waals surface area contributed by atoms with Gasteiger partial charge in [0, 0.05) is 25.4 Å². The lowest BCUT2D eigenvalue weighted by Crippen LogP contribution is -2.31. The number of methoxy groups -OCH3 is 1. The van der Waals surface area contributed by atoms with Gasteiger partial charge in [-0.3, -0.25) is 9.59 Å². The van der Waals surface area contributed by atoms with Gasteiger partial charge in [-0.15, -0.1) is 0 Å². The minimum Gasteiger partial charge on any atom is -0.493 e. The first-order chi connectivity index (χ1) is 11.6. The van der Waals surface area contributed by atoms with Crippen LogP contribution in [0.5, 0.6) is 11.5 Å². The molecule has 1 heterocycles. The van der Waals surface area contributed by atoms with Crippen molar-refractivity contribution in [1.29, 1.82) is 0 Å². The van der Waals surface area contributed by atoms with Crippen LogP contribution in [0.1, 0.15) is 29.3 Å². The lowest BCUT2D eigenvalue weighted by Gasteiger charge is -2.15. The van der Waals surface area contributed by atoms with Crippen LogP contribution in [0.25, 0.3) is 0 Å². The highest BCUT2D eigenvalue weighted by atomic mass is 16.5. The lowest BCUT2D eigenvalue weighted by atomic mass is 10.1. The fourth-order valence-electron chi connectivity index (χ4n) is 2.27. The van der Waals surface area contributed by atoms with Gasteiger partial charge in [0.25, 0.3) is 11.5 Å². The van der Waals surface area contributed by atoms with E-state index in [1.807, 2.05) is 25.1 Å². The molecule has 6 heteroatoms. The highest BCUT2D eigenvalue weighted by Crippen LogP contribution is 2.31. The topological polar surface area (TPSA) is 69.6 Å². The van der Waals surface area contributed by atoms with E-state index in [9.17, 15) is 9.59 Å². The molecular formula is C18H22N2O4. The van der Waals surface area contributed by atoms with Crippen LogP contribution in [-0.4, -0.2) is 24.2 Å². The van der Waals surface area contributed by atoms with Crippen LogP contribution in [0.2, 0.25) is 0 Å². The molecule has 0 radical (unpaired) electrons. The molecule has 0 spiro atoms. The number of benzene rings is 1. The number of hydrogen-bond acceptors (Lipinski definition) is 4. The first kappa shape index (κ1) is 17.6. The monoisotopic (exact) mass is 330 g/mol. The minimum atomic E-state index is -0.416. The SMILES string of the molecule is CCCOc1c(CNC(=O)c2cccn(C)c2=O)cccc1OC. The Morgan fingerprint density at radius 3 is 2.75 bits per heavy atom. The summed E-state index contributed by atoms with van der Waals surface area (Å²) in [6.45, 7) is 2.82. The quantitative estimate of drug-likeness (QED) is 0.844. The van der Waals surface area contributed by atoms with Gasteiger partial charge >= 0.3 is 0 Å². The van der Waals surface area contributed by atoms with Gasteiger partial charge in [0.15, 0.2) is 11.5 Å². The summed E-state index contributed by atoms with van der Waals surface area (Å²) in [7, 11) is 3.18. The number of aryl methyl sites for hydroxylation is 1. The number of pyridine rings is 1. The maximum Gasteiger partial charge on any atom is 0.263 e. The molecule has 0 aliphatic carbocycles. The van der Waals surface area contributed by atoms with Crippen LogP contribution in [0.3, 0.4) is 0 Å². The third kappa shape index (κ3) is 3.95. The normalized spacial score (nSPS) is 10.3. The van der Waals surface area contributed by atoms with E-state index >= 15 is 0 Å². The van der Waals surface area contributed by atoms with E-state index < -0.39 is 5.91 Å². The highest BCUT2D eigenvalue weighted by molar-refractivity contribution is 5.93. The summed E-state index contributed by atoms with van der Waals surface area (Å²) in [5.74, 6) is 0.814. The zero-order valence-electron chi connectivity index (χ0n) is 14.2. The first-order valence-electron chi connectivity index (χ1n) is 7.81. The van der Waals surface area contributed by atoms with Gasteiger partial charge in [-0.05, 0) is 24.6 Å². The second kappa shape index (κ2) is 8.19. The van der Waals surface area contributed by atoms with Crippen LogP contribution in [0.4, 0.5) is 0 Å². The van der Waals surface area contributed by atoms with Crippen molar-refractivity contribution < 1.29 is 14.3 Å². The van der Waals surface area contributed by atoms with Crippen molar-refractivity contribution in [1.82, 2.24) is 9.88 Å². The fraction of sp³-hybridized carbons (Fsp3) is 0.333. The molecule has 2 rings (SSSR count). The van der Waals surface area contributed by atoms with E-state index in [2.05, 4.69) is 5.32 Å². The molecule has 0 aliphatic rings. The van der Waals surface area contributed by atoms with Crippen LogP contribution in [0.15, 0.2) is 41.3 Å². The van der Waals surface area contributed by atoms with Gasteiger partial charge in [0.1, 0.15) is 5.56 Å². The van der Waals surface area contributed by atoms with Crippen LogP contribution in [-0.2, 0) is 13.6 Å². The molecule has 6 nitrogen and oxygen atoms in total. The van der Waals surface area contributed by atoms with Crippen molar-refractivity contribution in [3.05, 3.63) is 58.0 Å². The van der Waals surface area contributed by atoms with E-state index in [-0.39, 0.29) is 17.7 Å². The highest BCUT2D eigenvalue weighted by Gasteiger charge is 2.14. The number of carbonyl (C=O) groups excluding carboxylic acids is 1. The molecule has 0 saturated heterocycles. The molecule has 1 aromatic heterocycles. The summed E-state index contributed by atoms with van der Waals surface area (Å²) < 4.78 is 12.4. The van der Waals surface area contributed by atoms with Gasteiger partial charge in [-0.25, -0.2) is 0 Å². The van der Waals surface area contributed by atoms with Crippen molar-refractivity contribution in [2.24, 2.45) is 7.05 Å². The largest absolute Gasteiger partial charge is 0.493 e. The number of amides is 1. The van der Waals surface area contributed by atoms with Crippen molar-refractivity contribution in [2.45, 2.75) is 19.9 Å². The summed E-state index contributed by atoms with van der Waals surface area (Å²) in [5.41, 5.74) is 0.575. The zero-order chi connectivity index (χ0) is 17.5. The second-order valence-electron chi connectivity index (χ2n) is 5.32. The Morgan fingerprint density at radius 1 is 1.25 bits per heavy atom. The molecule has 24 heavy (non-hydrogen) atoms. The van der Waals surface area contributed by atoms with Gasteiger partial charge in [0.2, 0.25) is 0 Å². The predicted molar refractivity (Wildman–Crippen MR) is 91.6 cm³/mol. The number of nitrogens with zero attached hydrogens (tertiary/aromatic N) is 1. The Morgan fingerprint density at radius 2 is 2.04 bits per heavy atom. The summed E-state index contributed by atoms with van der Waals surface area (Å²) in [6, 6.07) is 8.68. The van der Waals surface area contributed by atoms with E-state index in [4.69, 9.17) is 9.47 Å². The molecule has 0 atom stereocenters. The smallest absolute Gasteiger partial charge is 0.263 e. The number of aromatic nitrogens is 1. The molecule has 1 N–H and O–H groups in total. The fourth-order valence-corrected chi connectivity index (χ4v) is 2.27. The minimum absolute atomic E-state index is 0.110. The Bertz CT molecular complexity index is 768. The summed E-state index contributed by atoms with van der Waals surface area (Å²) in [6.07, 6.45) is 2.47. The van der Waals surface area contributed by atoms with Crippen molar-refractivity contribution in [2.75, 3.05) is 13.7 Å². The van der Waals surface area contributed by atoms with Crippen LogP contribution in [0, 0.1) is 0 Å². The van der Waals surface area contributed by atoms with E-state index in [1.54, 1.807) is 26.4 Å². The average molecular weight is 330 g/mol. The number of hydrogen-bond donors (Lipinski definition) is 1. The number of carbonyl (C=O) groups is 1. The maximum absolute atomic E-state index is 12.3. The third-order valence-electron chi connectivity index (χ3n) is 3.54. The average Bonchev–Trinajstić information content (AvgIpc) is 2.60. The van der Waals surface area contributed by atoms with Crippen molar-refractivity contribution >= 4 is 5.91 Å². The maximum atomic E-state index is 12.3. The van der Waals surface area contributed by atoms with Crippen molar-refractivity contribution in [3.63, 3.8) is 0 Å². The Hall–Kier alpha value is -2.76. The second-order valence-corrected chi connectivity index (χ2v) is 5.32. The summed E-state index contributed by atoms with van der Waals surface area (Å²) in [5, 5.41) is 2.76. The molecule has 2 aromatic rings. The van der Waals surface area contributed by atoms with Crippen LogP contribution < -0.4 is 20.3 Å². The molecular weight excluding hydrogens is 308 g/mol. The molecule has 128 valence electrons.